The molecular weight excluding hydrogens is 753 g/mol. The summed E-state index contributed by atoms with van der Waals surface area (Å²) >= 11 is 0. The largest absolute Gasteiger partial charge is 0.309 e. The molecule has 0 N–H and O–H groups in total. The number of hydrogen-bond donors (Lipinski definition) is 0. The van der Waals surface area contributed by atoms with Crippen LogP contribution in [0.5, 0.6) is 0 Å². The molecule has 0 saturated heterocycles. The highest BCUT2D eigenvalue weighted by Gasteiger charge is 2.19. The maximum Gasteiger partial charge on any atom is 0.160 e. The van der Waals surface area contributed by atoms with Gasteiger partial charge in [-0.2, -0.15) is 0 Å². The molecule has 0 bridgehead atoms. The van der Waals surface area contributed by atoms with Crippen LogP contribution in [0.25, 0.3) is 111 Å². The van der Waals surface area contributed by atoms with E-state index in [0.717, 1.165) is 50.6 Å². The molecule has 4 heteroatoms. The third kappa shape index (κ3) is 6.00. The van der Waals surface area contributed by atoms with E-state index in [2.05, 4.69) is 215 Å². The van der Waals surface area contributed by atoms with E-state index in [0.29, 0.717) is 5.82 Å². The quantitative estimate of drug-likeness (QED) is 0.161. The van der Waals surface area contributed by atoms with Crippen molar-refractivity contribution in [1.29, 1.82) is 0 Å². The second-order valence-corrected chi connectivity index (χ2v) is 15.8. The summed E-state index contributed by atoms with van der Waals surface area (Å²) in [5.74, 6) is 0.710. The average Bonchev–Trinajstić information content (AvgIpc) is 3.87. The number of benzene rings is 9. The molecular formula is C58H38N4. The van der Waals surface area contributed by atoms with Gasteiger partial charge in [0.2, 0.25) is 0 Å². The van der Waals surface area contributed by atoms with Crippen LogP contribution in [-0.2, 0) is 0 Å². The molecule has 0 fully saturated rings. The average molecular weight is 791 g/mol. The highest BCUT2D eigenvalue weighted by Crippen LogP contribution is 2.41. The van der Waals surface area contributed by atoms with Gasteiger partial charge in [-0.1, -0.05) is 170 Å². The number of aromatic nitrogens is 4. The monoisotopic (exact) mass is 790 g/mol. The lowest BCUT2D eigenvalue weighted by Gasteiger charge is -2.12. The molecule has 0 aliphatic carbocycles. The molecule has 62 heavy (non-hydrogen) atoms. The minimum Gasteiger partial charge on any atom is -0.309 e. The predicted octanol–water partition coefficient (Wildman–Crippen LogP) is 15.0. The van der Waals surface area contributed by atoms with Gasteiger partial charge in [0.25, 0.3) is 0 Å². The van der Waals surface area contributed by atoms with E-state index in [4.69, 9.17) is 9.97 Å². The SMILES string of the molecule is c1ccc(-c2cc(-c3cccc(-c4ccc(-n5c6ccccc6c6c(-c7ccc8c9ccccc9n(-c9ccccc9)c8c7)cccc65)cc4)c3)nc(-c3ccccc3)n2)cc1. The first-order valence-corrected chi connectivity index (χ1v) is 21.1. The molecule has 12 aromatic rings. The molecule has 0 aliphatic heterocycles. The van der Waals surface area contributed by atoms with Crippen molar-refractivity contribution in [3.63, 3.8) is 0 Å². The van der Waals surface area contributed by atoms with E-state index in [1.165, 1.54) is 54.7 Å². The van der Waals surface area contributed by atoms with E-state index in [1.807, 2.05) is 24.3 Å². The van der Waals surface area contributed by atoms with Crippen molar-refractivity contribution in [3.8, 4) is 67.5 Å². The third-order valence-corrected chi connectivity index (χ3v) is 12.1. The van der Waals surface area contributed by atoms with Gasteiger partial charge in [0, 0.05) is 49.6 Å². The molecule has 4 nitrogen and oxygen atoms in total. The van der Waals surface area contributed by atoms with Gasteiger partial charge in [0.1, 0.15) is 0 Å². The third-order valence-electron chi connectivity index (χ3n) is 12.1. The first kappa shape index (κ1) is 35.6. The fourth-order valence-corrected chi connectivity index (χ4v) is 9.26. The molecule has 0 spiro atoms. The van der Waals surface area contributed by atoms with Gasteiger partial charge >= 0.3 is 0 Å². The predicted molar refractivity (Wildman–Crippen MR) is 258 cm³/mol. The van der Waals surface area contributed by atoms with Crippen molar-refractivity contribution in [1.82, 2.24) is 19.1 Å². The summed E-state index contributed by atoms with van der Waals surface area (Å²) in [5, 5.41) is 4.98. The maximum absolute atomic E-state index is 5.10. The highest BCUT2D eigenvalue weighted by atomic mass is 15.0. The lowest BCUT2D eigenvalue weighted by molar-refractivity contribution is 1.18. The van der Waals surface area contributed by atoms with E-state index >= 15 is 0 Å². The van der Waals surface area contributed by atoms with Gasteiger partial charge in [-0.15, -0.1) is 0 Å². The van der Waals surface area contributed by atoms with Crippen LogP contribution in [0.4, 0.5) is 0 Å². The Morgan fingerprint density at radius 3 is 1.55 bits per heavy atom. The first-order chi connectivity index (χ1) is 30.7. The first-order valence-electron chi connectivity index (χ1n) is 21.1. The van der Waals surface area contributed by atoms with Crippen molar-refractivity contribution >= 4 is 43.6 Å². The van der Waals surface area contributed by atoms with E-state index in [9.17, 15) is 0 Å². The Hall–Kier alpha value is -8.34. The van der Waals surface area contributed by atoms with Crippen LogP contribution < -0.4 is 0 Å². The zero-order chi connectivity index (χ0) is 41.0. The highest BCUT2D eigenvalue weighted by molar-refractivity contribution is 6.17. The Bertz CT molecular complexity index is 3550. The van der Waals surface area contributed by atoms with Gasteiger partial charge < -0.3 is 9.13 Å². The van der Waals surface area contributed by atoms with Crippen LogP contribution in [0.1, 0.15) is 0 Å². The van der Waals surface area contributed by atoms with Crippen LogP contribution in [0, 0.1) is 0 Å². The van der Waals surface area contributed by atoms with Crippen molar-refractivity contribution in [2.75, 3.05) is 0 Å². The topological polar surface area (TPSA) is 35.6 Å². The molecule has 9 aromatic carbocycles. The summed E-state index contributed by atoms with van der Waals surface area (Å²) in [6, 6.07) is 82.2. The Balaban J connectivity index is 0.948. The Labute approximate surface area is 359 Å². The molecule has 0 amide bonds. The van der Waals surface area contributed by atoms with Crippen LogP contribution in [0.3, 0.4) is 0 Å². The minimum atomic E-state index is 0.710. The second-order valence-electron chi connectivity index (χ2n) is 15.8. The fourth-order valence-electron chi connectivity index (χ4n) is 9.26. The van der Waals surface area contributed by atoms with Crippen molar-refractivity contribution in [2.24, 2.45) is 0 Å². The van der Waals surface area contributed by atoms with Gasteiger partial charge in [-0.3, -0.25) is 0 Å². The smallest absolute Gasteiger partial charge is 0.160 e. The van der Waals surface area contributed by atoms with Crippen LogP contribution in [0.15, 0.2) is 231 Å². The van der Waals surface area contributed by atoms with Crippen molar-refractivity contribution < 1.29 is 0 Å². The van der Waals surface area contributed by atoms with Crippen LogP contribution in [-0.4, -0.2) is 19.1 Å². The number of nitrogens with zero attached hydrogens (tertiary/aromatic N) is 4. The summed E-state index contributed by atoms with van der Waals surface area (Å²) < 4.78 is 4.80. The fraction of sp³-hybridized carbons (Fsp3) is 0. The van der Waals surface area contributed by atoms with Crippen molar-refractivity contribution in [2.45, 2.75) is 0 Å². The van der Waals surface area contributed by atoms with Crippen LogP contribution in [0.2, 0.25) is 0 Å². The van der Waals surface area contributed by atoms with E-state index < -0.39 is 0 Å². The van der Waals surface area contributed by atoms with Crippen LogP contribution >= 0.6 is 0 Å². The Morgan fingerprint density at radius 2 is 0.790 bits per heavy atom. The summed E-state index contributed by atoms with van der Waals surface area (Å²) in [6.45, 7) is 0. The standard InChI is InChI=1S/C58H38N4/c1-4-16-40(17-5-1)51-38-52(60-58(59-51)41-18-6-2-7-19-41)44-21-14-20-42(36-44)39-30-33-46(34-31-39)61-54-28-13-11-25-50(54)57-47(26-15-29-55(57)61)43-32-35-49-48-24-10-12-27-53(48)62(56(49)37-43)45-22-8-3-9-23-45/h1-38H. The van der Waals surface area contributed by atoms with Crippen molar-refractivity contribution in [3.05, 3.63) is 231 Å². The molecule has 3 heterocycles. The number of rotatable bonds is 7. The zero-order valence-electron chi connectivity index (χ0n) is 33.7. The molecule has 0 saturated carbocycles. The summed E-state index contributed by atoms with van der Waals surface area (Å²) in [4.78, 5) is 10.1. The lowest BCUT2D eigenvalue weighted by Crippen LogP contribution is -1.96. The number of para-hydroxylation sites is 3. The normalized spacial score (nSPS) is 11.5. The van der Waals surface area contributed by atoms with Gasteiger partial charge in [0.05, 0.1) is 33.5 Å². The lowest BCUT2D eigenvalue weighted by atomic mass is 9.98. The maximum atomic E-state index is 5.10. The molecule has 3 aromatic heterocycles. The zero-order valence-corrected chi connectivity index (χ0v) is 33.7. The molecule has 0 radical (unpaired) electrons. The molecule has 12 rings (SSSR count). The van der Waals surface area contributed by atoms with E-state index in [1.54, 1.807) is 0 Å². The summed E-state index contributed by atoms with van der Waals surface area (Å²) in [6.07, 6.45) is 0. The Morgan fingerprint density at radius 1 is 0.274 bits per heavy atom. The van der Waals surface area contributed by atoms with Gasteiger partial charge in [-0.05, 0) is 82.9 Å². The minimum absolute atomic E-state index is 0.710. The summed E-state index contributed by atoms with van der Waals surface area (Å²) in [7, 11) is 0. The molecule has 0 aliphatic rings. The van der Waals surface area contributed by atoms with Gasteiger partial charge in [-0.25, -0.2) is 9.97 Å². The number of hydrogen-bond acceptors (Lipinski definition) is 2. The van der Waals surface area contributed by atoms with Gasteiger partial charge in [0.15, 0.2) is 5.82 Å². The summed E-state index contributed by atoms with van der Waals surface area (Å²) in [5.41, 5.74) is 16.6. The molecule has 290 valence electrons. The Kier molecular flexibility index (Phi) is 8.46. The molecule has 0 atom stereocenters. The number of fused-ring (bicyclic) bond motifs is 6. The molecule has 0 unspecified atom stereocenters. The second kappa shape index (κ2) is 14.7. The van der Waals surface area contributed by atoms with E-state index in [-0.39, 0.29) is 0 Å².